The van der Waals surface area contributed by atoms with Gasteiger partial charge >= 0.3 is 0 Å². The fraction of sp³-hybridized carbons (Fsp3) is 0.211. The number of aromatic nitrogens is 2. The highest BCUT2D eigenvalue weighted by molar-refractivity contribution is 7.18. The van der Waals surface area contributed by atoms with Crippen molar-refractivity contribution >= 4 is 34.0 Å². The Morgan fingerprint density at radius 2 is 1.93 bits per heavy atom. The van der Waals surface area contributed by atoms with Crippen molar-refractivity contribution in [1.29, 1.82) is 0 Å². The van der Waals surface area contributed by atoms with Crippen molar-refractivity contribution < 1.29 is 14.3 Å². The molecule has 0 saturated carbocycles. The molecule has 6 nitrogen and oxygen atoms in total. The van der Waals surface area contributed by atoms with Crippen LogP contribution < -0.4 is 14.8 Å². The van der Waals surface area contributed by atoms with Crippen LogP contribution in [0.3, 0.4) is 0 Å². The first-order valence-electron chi connectivity index (χ1n) is 8.30. The molecule has 140 valence electrons. The number of anilines is 1. The number of amides is 1. The Morgan fingerprint density at radius 3 is 2.63 bits per heavy atom. The van der Waals surface area contributed by atoms with Crippen molar-refractivity contribution in [3.05, 3.63) is 53.6 Å². The highest BCUT2D eigenvalue weighted by Crippen LogP contribution is 2.28. The molecule has 3 aromatic rings. The Morgan fingerprint density at radius 1 is 1.19 bits per heavy atom. The summed E-state index contributed by atoms with van der Waals surface area (Å²) in [6.07, 6.45) is -0.147. The number of hydrogen-bond acceptors (Lipinski definition) is 6. The quantitative estimate of drug-likeness (QED) is 0.620. The zero-order chi connectivity index (χ0) is 19.2. The van der Waals surface area contributed by atoms with E-state index in [0.717, 1.165) is 5.56 Å². The Kier molecular flexibility index (Phi) is 6.26. The van der Waals surface area contributed by atoms with E-state index < -0.39 is 6.10 Å². The molecule has 1 aromatic heterocycles. The van der Waals surface area contributed by atoms with Crippen LogP contribution in [0.5, 0.6) is 11.5 Å². The smallest absolute Gasteiger partial charge is 0.267 e. The molecule has 1 heterocycles. The number of benzene rings is 2. The highest BCUT2D eigenvalue weighted by Gasteiger charge is 2.20. The lowest BCUT2D eigenvalue weighted by molar-refractivity contribution is -0.122. The fourth-order valence-corrected chi connectivity index (χ4v) is 3.21. The molecule has 27 heavy (non-hydrogen) atoms. The molecular formula is C19H18ClN3O3S. The summed E-state index contributed by atoms with van der Waals surface area (Å²) in [5.41, 5.74) is 0.886. The van der Waals surface area contributed by atoms with Gasteiger partial charge in [0.15, 0.2) is 6.10 Å². The average Bonchev–Trinajstić information content (AvgIpc) is 3.15. The molecule has 0 spiro atoms. The summed E-state index contributed by atoms with van der Waals surface area (Å²) in [4.78, 5) is 12.5. The number of hydrogen-bond donors (Lipinski definition) is 1. The van der Waals surface area contributed by atoms with Gasteiger partial charge in [-0.05, 0) is 30.7 Å². The lowest BCUT2D eigenvalue weighted by atomic mass is 10.2. The molecule has 0 bridgehead atoms. The predicted molar refractivity (Wildman–Crippen MR) is 107 cm³/mol. The maximum Gasteiger partial charge on any atom is 0.267 e. The molecule has 1 atom stereocenters. The topological polar surface area (TPSA) is 73.3 Å². The normalized spacial score (nSPS) is 11.7. The Balaban J connectivity index is 1.67. The van der Waals surface area contributed by atoms with E-state index in [-0.39, 0.29) is 5.91 Å². The molecule has 0 radical (unpaired) electrons. The molecule has 0 aliphatic heterocycles. The predicted octanol–water partition coefficient (Wildman–Crippen LogP) is 4.66. The van der Waals surface area contributed by atoms with E-state index in [0.29, 0.717) is 33.1 Å². The van der Waals surface area contributed by atoms with Crippen LogP contribution in [0.1, 0.15) is 13.3 Å². The van der Waals surface area contributed by atoms with E-state index in [1.165, 1.54) is 11.3 Å². The second-order valence-corrected chi connectivity index (χ2v) is 7.02. The number of halogens is 1. The summed E-state index contributed by atoms with van der Waals surface area (Å²) in [7, 11) is 1.58. The van der Waals surface area contributed by atoms with Gasteiger partial charge in [-0.25, -0.2) is 0 Å². The van der Waals surface area contributed by atoms with Gasteiger partial charge in [-0.15, -0.1) is 10.2 Å². The van der Waals surface area contributed by atoms with Gasteiger partial charge < -0.3 is 9.47 Å². The highest BCUT2D eigenvalue weighted by atomic mass is 35.5. The number of rotatable bonds is 7. The van der Waals surface area contributed by atoms with Gasteiger partial charge in [-0.2, -0.15) is 0 Å². The molecule has 0 unspecified atom stereocenters. The monoisotopic (exact) mass is 403 g/mol. The van der Waals surface area contributed by atoms with Gasteiger partial charge in [0.1, 0.15) is 16.5 Å². The third-order valence-electron chi connectivity index (χ3n) is 3.73. The molecule has 0 aliphatic carbocycles. The van der Waals surface area contributed by atoms with E-state index in [1.54, 1.807) is 31.4 Å². The summed E-state index contributed by atoms with van der Waals surface area (Å²) < 4.78 is 11.0. The average molecular weight is 404 g/mol. The van der Waals surface area contributed by atoms with Gasteiger partial charge in [-0.1, -0.05) is 48.1 Å². The number of nitrogens with zero attached hydrogens (tertiary/aromatic N) is 2. The number of ether oxygens (including phenoxy) is 2. The first-order chi connectivity index (χ1) is 13.1. The SMILES string of the molecule is CC[C@H](Oc1cccc(OC)c1)C(=O)Nc1nnc(-c2ccc(Cl)cc2)s1. The van der Waals surface area contributed by atoms with Crippen LogP contribution in [-0.2, 0) is 4.79 Å². The zero-order valence-electron chi connectivity index (χ0n) is 14.8. The molecule has 0 aliphatic rings. The van der Waals surface area contributed by atoms with Crippen molar-refractivity contribution in [1.82, 2.24) is 10.2 Å². The van der Waals surface area contributed by atoms with Crippen molar-refractivity contribution in [2.75, 3.05) is 12.4 Å². The molecular weight excluding hydrogens is 386 g/mol. The van der Waals surface area contributed by atoms with Gasteiger partial charge in [0.25, 0.3) is 5.91 Å². The lowest BCUT2D eigenvalue weighted by Gasteiger charge is -2.16. The minimum absolute atomic E-state index is 0.279. The number of carbonyl (C=O) groups is 1. The minimum Gasteiger partial charge on any atom is -0.497 e. The summed E-state index contributed by atoms with van der Waals surface area (Å²) in [5, 5.41) is 12.7. The van der Waals surface area contributed by atoms with Crippen LogP contribution in [0.4, 0.5) is 5.13 Å². The van der Waals surface area contributed by atoms with Crippen LogP contribution in [0.25, 0.3) is 10.6 Å². The zero-order valence-corrected chi connectivity index (χ0v) is 16.4. The third-order valence-corrected chi connectivity index (χ3v) is 4.87. The summed E-state index contributed by atoms with van der Waals surface area (Å²) in [6, 6.07) is 14.4. The first kappa shape index (κ1) is 19.1. The van der Waals surface area contributed by atoms with Crippen molar-refractivity contribution in [2.24, 2.45) is 0 Å². The molecule has 0 fully saturated rings. The minimum atomic E-state index is -0.653. The van der Waals surface area contributed by atoms with E-state index >= 15 is 0 Å². The van der Waals surface area contributed by atoms with E-state index in [4.69, 9.17) is 21.1 Å². The van der Waals surface area contributed by atoms with Crippen molar-refractivity contribution in [2.45, 2.75) is 19.4 Å². The van der Waals surface area contributed by atoms with Crippen LogP contribution in [-0.4, -0.2) is 29.3 Å². The van der Waals surface area contributed by atoms with Crippen molar-refractivity contribution in [3.63, 3.8) is 0 Å². The Hall–Kier alpha value is -2.64. The van der Waals surface area contributed by atoms with Gasteiger partial charge in [0, 0.05) is 16.7 Å². The van der Waals surface area contributed by atoms with Crippen molar-refractivity contribution in [3.8, 4) is 22.1 Å². The number of methoxy groups -OCH3 is 1. The van der Waals surface area contributed by atoms with E-state index in [2.05, 4.69) is 15.5 Å². The maximum absolute atomic E-state index is 12.5. The number of carbonyl (C=O) groups excluding carboxylic acids is 1. The molecule has 1 N–H and O–H groups in total. The maximum atomic E-state index is 12.5. The molecule has 2 aromatic carbocycles. The van der Waals surface area contributed by atoms with E-state index in [9.17, 15) is 4.79 Å². The molecule has 1 amide bonds. The standard InChI is InChI=1S/C19H18ClN3O3S/c1-3-16(26-15-6-4-5-14(11-15)25-2)17(24)21-19-23-22-18(27-19)12-7-9-13(20)10-8-12/h4-11,16H,3H2,1-2H3,(H,21,23,24)/t16-/m0/s1. The summed E-state index contributed by atoms with van der Waals surface area (Å²) in [6.45, 7) is 1.88. The third kappa shape index (κ3) is 4.96. The van der Waals surface area contributed by atoms with Gasteiger partial charge in [0.05, 0.1) is 7.11 Å². The first-order valence-corrected chi connectivity index (χ1v) is 9.49. The number of nitrogens with one attached hydrogen (secondary N) is 1. The van der Waals surface area contributed by atoms with Crippen LogP contribution in [0.2, 0.25) is 5.02 Å². The second-order valence-electron chi connectivity index (χ2n) is 5.60. The molecule has 8 heteroatoms. The Bertz CT molecular complexity index is 915. The molecule has 0 saturated heterocycles. The Labute approximate surface area is 166 Å². The van der Waals surface area contributed by atoms with E-state index in [1.807, 2.05) is 31.2 Å². The largest absolute Gasteiger partial charge is 0.497 e. The van der Waals surface area contributed by atoms with Crippen LogP contribution in [0.15, 0.2) is 48.5 Å². The second kappa shape index (κ2) is 8.83. The summed E-state index contributed by atoms with van der Waals surface area (Å²) >= 11 is 7.19. The fourth-order valence-electron chi connectivity index (χ4n) is 2.33. The van der Waals surface area contributed by atoms with Gasteiger partial charge in [-0.3, -0.25) is 10.1 Å². The molecule has 3 rings (SSSR count). The van der Waals surface area contributed by atoms with Gasteiger partial charge in [0.2, 0.25) is 5.13 Å². The summed E-state index contributed by atoms with van der Waals surface area (Å²) in [5.74, 6) is 0.953. The lowest BCUT2D eigenvalue weighted by Crippen LogP contribution is -2.32. The van der Waals surface area contributed by atoms with Crippen LogP contribution in [0, 0.1) is 0 Å². The van der Waals surface area contributed by atoms with Crippen LogP contribution >= 0.6 is 22.9 Å².